The largest absolute Gasteiger partial charge is 0.310 e. The van der Waals surface area contributed by atoms with Crippen LogP contribution in [-0.2, 0) is 13.0 Å². The first-order valence-electron chi connectivity index (χ1n) is 12.2. The number of hydrogen-bond donors (Lipinski definition) is 1. The first-order valence-corrected chi connectivity index (χ1v) is 12.2. The third-order valence-electron chi connectivity index (χ3n) is 6.76. The molecular formula is C29H25N5O4. The fraction of sp³-hybridized carbons (Fsp3) is 0.207. The summed E-state index contributed by atoms with van der Waals surface area (Å²) >= 11 is 0. The van der Waals surface area contributed by atoms with Crippen molar-refractivity contribution in [3.05, 3.63) is 115 Å². The normalized spacial score (nSPS) is 14.3. The Hall–Kier alpha value is -4.81. The van der Waals surface area contributed by atoms with Crippen molar-refractivity contribution in [2.75, 3.05) is 6.54 Å². The summed E-state index contributed by atoms with van der Waals surface area (Å²) in [6, 6.07) is 18.6. The number of nitro benzene ring substituents is 1. The summed E-state index contributed by atoms with van der Waals surface area (Å²) in [5.74, 6) is 2.94. The number of nitrogens with one attached hydrogen (secondary N) is 1. The summed E-state index contributed by atoms with van der Waals surface area (Å²) in [5, 5.41) is 15.3. The van der Waals surface area contributed by atoms with Gasteiger partial charge in [0.1, 0.15) is 5.82 Å². The maximum atomic E-state index is 13.9. The molecule has 1 aliphatic carbocycles. The van der Waals surface area contributed by atoms with Gasteiger partial charge in [-0.25, -0.2) is 4.98 Å². The lowest BCUT2D eigenvalue weighted by molar-refractivity contribution is -0.384. The Morgan fingerprint density at radius 1 is 1.18 bits per heavy atom. The molecule has 1 aromatic heterocycles. The quantitative estimate of drug-likeness (QED) is 0.227. The molecule has 4 aromatic rings. The zero-order valence-electron chi connectivity index (χ0n) is 20.8. The molecule has 1 heterocycles. The molecule has 9 heteroatoms. The first kappa shape index (κ1) is 24.9. The van der Waals surface area contributed by atoms with Crippen molar-refractivity contribution >= 4 is 22.5 Å². The van der Waals surface area contributed by atoms with Crippen LogP contribution in [0.1, 0.15) is 45.3 Å². The molecule has 5 rings (SSSR count). The van der Waals surface area contributed by atoms with Crippen molar-refractivity contribution in [2.24, 2.45) is 0 Å². The molecule has 0 aliphatic heterocycles. The van der Waals surface area contributed by atoms with Gasteiger partial charge in [-0.2, -0.15) is 5.01 Å². The number of H-pyrrole nitrogens is 1. The van der Waals surface area contributed by atoms with E-state index in [0.29, 0.717) is 34.3 Å². The number of nitro groups is 1. The highest BCUT2D eigenvalue weighted by atomic mass is 16.6. The van der Waals surface area contributed by atoms with Crippen LogP contribution in [0.3, 0.4) is 0 Å². The molecule has 0 radical (unpaired) electrons. The van der Waals surface area contributed by atoms with Gasteiger partial charge in [-0.05, 0) is 60.7 Å². The van der Waals surface area contributed by atoms with Gasteiger partial charge < -0.3 is 4.98 Å². The molecule has 0 bridgehead atoms. The van der Waals surface area contributed by atoms with Crippen LogP contribution in [0.2, 0.25) is 0 Å². The summed E-state index contributed by atoms with van der Waals surface area (Å²) in [4.78, 5) is 44.7. The van der Waals surface area contributed by atoms with Crippen LogP contribution in [0, 0.1) is 29.4 Å². The van der Waals surface area contributed by atoms with Gasteiger partial charge in [-0.15, -0.1) is 6.42 Å². The number of benzene rings is 3. The topological polar surface area (TPSA) is 112 Å². The van der Waals surface area contributed by atoms with Crippen molar-refractivity contribution in [2.45, 2.75) is 32.4 Å². The van der Waals surface area contributed by atoms with E-state index < -0.39 is 4.92 Å². The number of terminal acetylenes is 1. The molecule has 1 N–H and O–H groups in total. The second-order valence-corrected chi connectivity index (χ2v) is 9.23. The fourth-order valence-electron chi connectivity index (χ4n) is 5.05. The van der Waals surface area contributed by atoms with Crippen LogP contribution in [0.25, 0.3) is 10.9 Å². The minimum atomic E-state index is -0.461. The van der Waals surface area contributed by atoms with Crippen molar-refractivity contribution < 1.29 is 9.72 Å². The van der Waals surface area contributed by atoms with Gasteiger partial charge >= 0.3 is 0 Å². The van der Waals surface area contributed by atoms with Gasteiger partial charge in [-0.3, -0.25) is 24.7 Å². The number of non-ortho nitro benzene ring substituents is 1. The Kier molecular flexibility index (Phi) is 6.73. The van der Waals surface area contributed by atoms with E-state index in [1.54, 1.807) is 48.3 Å². The number of aryl methyl sites for hydroxylation is 2. The molecule has 3 aromatic carbocycles. The Morgan fingerprint density at radius 2 is 1.97 bits per heavy atom. The zero-order chi connectivity index (χ0) is 26.8. The first-order chi connectivity index (χ1) is 18.4. The SMILES string of the molecule is C#CCN([C@H]1CCc2cc3nc(C)[nH]c(=O)c3cc21)N(Cc1cccc([N+](=O)[O-])c1)C(=O)c1ccccc1. The number of aromatic amines is 1. The highest BCUT2D eigenvalue weighted by molar-refractivity contribution is 5.94. The van der Waals surface area contributed by atoms with Crippen molar-refractivity contribution in [3.63, 3.8) is 0 Å². The smallest absolute Gasteiger partial charge is 0.269 e. The monoisotopic (exact) mass is 507 g/mol. The molecule has 0 spiro atoms. The molecule has 1 aliphatic rings. The van der Waals surface area contributed by atoms with Gasteiger partial charge in [0.2, 0.25) is 0 Å². The van der Waals surface area contributed by atoms with E-state index in [4.69, 9.17) is 6.42 Å². The lowest BCUT2D eigenvalue weighted by Crippen LogP contribution is -2.47. The number of nitrogens with zero attached hydrogens (tertiary/aromatic N) is 4. The second kappa shape index (κ2) is 10.3. The maximum Gasteiger partial charge on any atom is 0.269 e. The van der Waals surface area contributed by atoms with Crippen molar-refractivity contribution in [3.8, 4) is 12.3 Å². The molecule has 0 unspecified atom stereocenters. The number of fused-ring (bicyclic) bond motifs is 2. The maximum absolute atomic E-state index is 13.9. The highest BCUT2D eigenvalue weighted by Gasteiger charge is 2.34. The van der Waals surface area contributed by atoms with Crippen molar-refractivity contribution in [1.29, 1.82) is 0 Å². The number of aromatic nitrogens is 2. The molecule has 1 atom stereocenters. The van der Waals surface area contributed by atoms with E-state index in [9.17, 15) is 19.7 Å². The van der Waals surface area contributed by atoms with E-state index in [1.807, 2.05) is 23.2 Å². The van der Waals surface area contributed by atoms with Crippen LogP contribution in [0.15, 0.2) is 71.5 Å². The van der Waals surface area contributed by atoms with Gasteiger partial charge in [0.25, 0.3) is 17.2 Å². The number of hydrazine groups is 1. The van der Waals surface area contributed by atoms with Crippen LogP contribution in [0.4, 0.5) is 5.69 Å². The summed E-state index contributed by atoms with van der Waals surface area (Å²) in [7, 11) is 0. The third-order valence-corrected chi connectivity index (χ3v) is 6.76. The minimum Gasteiger partial charge on any atom is -0.310 e. The number of amides is 1. The van der Waals surface area contributed by atoms with Gasteiger partial charge in [0, 0.05) is 17.7 Å². The Bertz CT molecular complexity index is 1640. The molecule has 0 saturated carbocycles. The summed E-state index contributed by atoms with van der Waals surface area (Å²) in [6.45, 7) is 1.95. The highest BCUT2D eigenvalue weighted by Crippen LogP contribution is 2.38. The second-order valence-electron chi connectivity index (χ2n) is 9.23. The van der Waals surface area contributed by atoms with E-state index in [0.717, 1.165) is 17.5 Å². The summed E-state index contributed by atoms with van der Waals surface area (Å²) in [6.07, 6.45) is 7.21. The zero-order valence-corrected chi connectivity index (χ0v) is 20.8. The third kappa shape index (κ3) is 4.77. The standard InChI is InChI=1S/C29H25N5O4/c1-3-14-32(27-13-12-22-16-26-25(17-24(22)27)28(35)31-19(2)30-26)33(29(36)21-9-5-4-6-10-21)18-20-8-7-11-23(15-20)34(37)38/h1,4-11,15-17,27H,12-14,18H2,2H3,(H,30,31,35)/t27-/m0/s1. The van der Waals surface area contributed by atoms with E-state index in [-0.39, 0.29) is 36.3 Å². The van der Waals surface area contributed by atoms with Crippen LogP contribution < -0.4 is 5.56 Å². The van der Waals surface area contributed by atoms with E-state index in [1.165, 1.54) is 12.1 Å². The molecule has 9 nitrogen and oxygen atoms in total. The lowest BCUT2D eigenvalue weighted by atomic mass is 10.0. The average Bonchev–Trinajstić information content (AvgIpc) is 3.32. The van der Waals surface area contributed by atoms with Crippen LogP contribution >= 0.6 is 0 Å². The lowest BCUT2D eigenvalue weighted by Gasteiger charge is -2.38. The molecule has 0 fully saturated rings. The molecule has 38 heavy (non-hydrogen) atoms. The summed E-state index contributed by atoms with van der Waals surface area (Å²) < 4.78 is 0. The predicted molar refractivity (Wildman–Crippen MR) is 143 cm³/mol. The number of carbonyl (C=O) groups excluding carboxylic acids is 1. The number of rotatable bonds is 7. The number of hydrogen-bond acceptors (Lipinski definition) is 6. The predicted octanol–water partition coefficient (Wildman–Crippen LogP) is 4.32. The van der Waals surface area contributed by atoms with Crippen molar-refractivity contribution in [1.82, 2.24) is 20.0 Å². The number of carbonyl (C=O) groups is 1. The minimum absolute atomic E-state index is 0.0576. The van der Waals surface area contributed by atoms with E-state index >= 15 is 0 Å². The molecular weight excluding hydrogens is 482 g/mol. The average molecular weight is 508 g/mol. The molecule has 1 amide bonds. The Balaban J connectivity index is 1.60. The Labute approximate surface area is 218 Å². The fourth-order valence-corrected chi connectivity index (χ4v) is 5.05. The molecule has 0 saturated heterocycles. The van der Waals surface area contributed by atoms with Crippen LogP contribution in [-0.4, -0.2) is 37.4 Å². The summed E-state index contributed by atoms with van der Waals surface area (Å²) in [5.41, 5.74) is 3.36. The van der Waals surface area contributed by atoms with Gasteiger partial charge in [0.15, 0.2) is 0 Å². The van der Waals surface area contributed by atoms with Gasteiger partial charge in [0.05, 0.1) is 35.0 Å². The Morgan fingerprint density at radius 3 is 2.71 bits per heavy atom. The molecule has 190 valence electrons. The van der Waals surface area contributed by atoms with Gasteiger partial charge in [-0.1, -0.05) is 36.3 Å². The van der Waals surface area contributed by atoms with Crippen LogP contribution in [0.5, 0.6) is 0 Å². The van der Waals surface area contributed by atoms with E-state index in [2.05, 4.69) is 15.9 Å².